The van der Waals surface area contributed by atoms with Crippen LogP contribution < -0.4 is 10.6 Å². The summed E-state index contributed by atoms with van der Waals surface area (Å²) in [5.41, 5.74) is -1.02. The number of amides is 2. The Morgan fingerprint density at radius 2 is 1.83 bits per heavy atom. The molecule has 1 unspecified atom stereocenters. The lowest BCUT2D eigenvalue weighted by Crippen LogP contribution is -2.44. The van der Waals surface area contributed by atoms with Gasteiger partial charge in [0.1, 0.15) is 12.8 Å². The fraction of sp³-hybridized carbons (Fsp3) is 0.867. The van der Waals surface area contributed by atoms with Gasteiger partial charge < -0.3 is 24.8 Å². The first-order valence-corrected chi connectivity index (χ1v) is 7.71. The molecule has 0 aromatic carbocycles. The number of alkyl halides is 1. The van der Waals surface area contributed by atoms with Crippen LogP contribution in [0.1, 0.15) is 27.2 Å². The lowest BCUT2D eigenvalue weighted by Gasteiger charge is -2.29. The zero-order chi connectivity index (χ0) is 17.7. The Morgan fingerprint density at radius 3 is 2.43 bits per heavy atom. The molecule has 0 aliphatic carbocycles. The molecular weight excluding hydrogens is 307 g/mol. The highest BCUT2D eigenvalue weighted by molar-refractivity contribution is 5.77. The lowest BCUT2D eigenvalue weighted by molar-refractivity contribution is -0.125. The number of halogens is 1. The predicted octanol–water partition coefficient (Wildman–Crippen LogP) is 0.425. The smallest absolute Gasteiger partial charge is 0.246 e. The summed E-state index contributed by atoms with van der Waals surface area (Å²) in [6, 6.07) is 0. The molecule has 0 heterocycles. The minimum absolute atomic E-state index is 0.0176. The van der Waals surface area contributed by atoms with E-state index in [4.69, 9.17) is 9.47 Å². The van der Waals surface area contributed by atoms with Crippen molar-refractivity contribution in [3.63, 3.8) is 0 Å². The summed E-state index contributed by atoms with van der Waals surface area (Å²) in [6.45, 7) is 6.13. The molecule has 8 heteroatoms. The Labute approximate surface area is 137 Å². The number of hydrogen-bond donors (Lipinski definition) is 2. The Kier molecular flexibility index (Phi) is 11.5. The molecule has 0 aliphatic heterocycles. The maximum absolute atomic E-state index is 14.0. The highest BCUT2D eigenvalue weighted by Gasteiger charge is 2.30. The van der Waals surface area contributed by atoms with Crippen molar-refractivity contribution < 1.29 is 28.2 Å². The zero-order valence-corrected chi connectivity index (χ0v) is 14.4. The molecule has 23 heavy (non-hydrogen) atoms. The van der Waals surface area contributed by atoms with Crippen LogP contribution in [0.15, 0.2) is 0 Å². The number of rotatable bonds is 13. The van der Waals surface area contributed by atoms with Gasteiger partial charge in [-0.25, -0.2) is 4.39 Å². The topological polar surface area (TPSA) is 85.9 Å². The maximum atomic E-state index is 14.0. The molecule has 0 saturated heterocycles. The number of nitrogens with one attached hydrogen (secondary N) is 2. The monoisotopic (exact) mass is 336 g/mol. The van der Waals surface area contributed by atoms with Gasteiger partial charge in [0.2, 0.25) is 11.8 Å². The van der Waals surface area contributed by atoms with E-state index in [2.05, 4.69) is 15.4 Å². The van der Waals surface area contributed by atoms with E-state index >= 15 is 0 Å². The molecule has 0 aliphatic rings. The molecule has 2 amide bonds. The van der Waals surface area contributed by atoms with Gasteiger partial charge >= 0.3 is 0 Å². The van der Waals surface area contributed by atoms with Crippen LogP contribution in [0.4, 0.5) is 4.39 Å². The zero-order valence-electron chi connectivity index (χ0n) is 14.4. The normalized spacial score (nSPS) is 12.7. The van der Waals surface area contributed by atoms with Crippen molar-refractivity contribution in [2.45, 2.75) is 39.0 Å². The fourth-order valence-corrected chi connectivity index (χ4v) is 1.58. The molecule has 1 atom stereocenters. The Morgan fingerprint density at radius 1 is 1.13 bits per heavy atom. The van der Waals surface area contributed by atoms with Crippen molar-refractivity contribution in [1.29, 1.82) is 0 Å². The van der Waals surface area contributed by atoms with E-state index < -0.39 is 11.8 Å². The maximum Gasteiger partial charge on any atom is 0.246 e. The summed E-state index contributed by atoms with van der Waals surface area (Å²) in [6.07, 6.45) is -0.991. The van der Waals surface area contributed by atoms with E-state index in [1.807, 2.05) is 0 Å². The van der Waals surface area contributed by atoms with Crippen LogP contribution in [-0.2, 0) is 23.8 Å². The Hall–Kier alpha value is -1.25. The Bertz CT molecular complexity index is 353. The molecular formula is C15H29FN2O5. The molecule has 0 radical (unpaired) electrons. The molecule has 0 spiro atoms. The first-order chi connectivity index (χ1) is 10.8. The third-order valence-electron chi connectivity index (χ3n) is 3.10. The highest BCUT2D eigenvalue weighted by atomic mass is 19.1. The molecule has 136 valence electrons. The van der Waals surface area contributed by atoms with Gasteiger partial charge in [0.05, 0.1) is 32.0 Å². The van der Waals surface area contributed by atoms with E-state index in [1.165, 1.54) is 7.11 Å². The minimum atomic E-state index is -1.31. The molecule has 0 aromatic rings. The summed E-state index contributed by atoms with van der Waals surface area (Å²) in [4.78, 5) is 22.2. The third-order valence-corrected chi connectivity index (χ3v) is 3.10. The van der Waals surface area contributed by atoms with E-state index in [0.717, 1.165) is 0 Å². The van der Waals surface area contributed by atoms with E-state index in [0.29, 0.717) is 19.6 Å². The van der Waals surface area contributed by atoms with Crippen molar-refractivity contribution in [3.05, 3.63) is 0 Å². The molecule has 0 saturated carbocycles. The average molecular weight is 336 g/mol. The minimum Gasteiger partial charge on any atom is -0.377 e. The molecule has 7 nitrogen and oxygen atoms in total. The van der Waals surface area contributed by atoms with Crippen LogP contribution in [0.25, 0.3) is 0 Å². The lowest BCUT2D eigenvalue weighted by atomic mass is 10.0. The van der Waals surface area contributed by atoms with Crippen molar-refractivity contribution in [1.82, 2.24) is 10.6 Å². The quantitative estimate of drug-likeness (QED) is 0.476. The first-order valence-electron chi connectivity index (χ1n) is 7.71. The number of methoxy groups -OCH3 is 1. The fourth-order valence-electron chi connectivity index (χ4n) is 1.58. The van der Waals surface area contributed by atoms with Gasteiger partial charge in [-0.15, -0.1) is 0 Å². The van der Waals surface area contributed by atoms with Gasteiger partial charge in [0, 0.05) is 20.1 Å². The van der Waals surface area contributed by atoms with E-state index in [9.17, 15) is 14.0 Å². The summed E-state index contributed by atoms with van der Waals surface area (Å²) in [5.74, 6) is -0.398. The SMILES string of the molecule is CCC(=O)NCC(F)C(C)(C)OCCOCCNC(=O)COC. The largest absolute Gasteiger partial charge is 0.377 e. The average Bonchev–Trinajstić information content (AvgIpc) is 2.51. The van der Waals surface area contributed by atoms with Gasteiger partial charge in [0.15, 0.2) is 0 Å². The van der Waals surface area contributed by atoms with Crippen LogP contribution >= 0.6 is 0 Å². The first kappa shape index (κ1) is 21.8. The molecule has 0 bridgehead atoms. The third kappa shape index (κ3) is 11.0. The molecule has 0 rings (SSSR count). The van der Waals surface area contributed by atoms with Crippen molar-refractivity contribution in [2.24, 2.45) is 0 Å². The van der Waals surface area contributed by atoms with Crippen molar-refractivity contribution >= 4 is 11.8 Å². The standard InChI is InChI=1S/C15H29FN2O5/c1-5-13(19)18-10-12(16)15(2,3)23-9-8-22-7-6-17-14(20)11-21-4/h12H,5-11H2,1-4H3,(H,17,20)(H,18,19). The predicted molar refractivity (Wildman–Crippen MR) is 83.9 cm³/mol. The number of carbonyl (C=O) groups is 2. The summed E-state index contributed by atoms with van der Waals surface area (Å²) >= 11 is 0. The summed E-state index contributed by atoms with van der Waals surface area (Å²) < 4.78 is 29.4. The van der Waals surface area contributed by atoms with Gasteiger partial charge in [-0.05, 0) is 13.8 Å². The summed E-state index contributed by atoms with van der Waals surface area (Å²) in [7, 11) is 1.45. The second-order valence-corrected chi connectivity index (χ2v) is 5.47. The van der Waals surface area contributed by atoms with Crippen LogP contribution in [0.2, 0.25) is 0 Å². The van der Waals surface area contributed by atoms with Crippen LogP contribution in [0.3, 0.4) is 0 Å². The second kappa shape index (κ2) is 12.2. The number of hydrogen-bond acceptors (Lipinski definition) is 5. The van der Waals surface area contributed by atoms with E-state index in [1.54, 1.807) is 20.8 Å². The molecule has 2 N–H and O–H groups in total. The summed E-state index contributed by atoms with van der Waals surface area (Å²) in [5, 5.41) is 5.11. The van der Waals surface area contributed by atoms with Crippen molar-refractivity contribution in [3.8, 4) is 0 Å². The van der Waals surface area contributed by atoms with Crippen LogP contribution in [-0.4, -0.2) is 70.2 Å². The second-order valence-electron chi connectivity index (χ2n) is 5.47. The molecule has 0 fully saturated rings. The Balaban J connectivity index is 3.72. The van der Waals surface area contributed by atoms with Gasteiger partial charge in [0.25, 0.3) is 0 Å². The number of carbonyl (C=O) groups excluding carboxylic acids is 2. The number of ether oxygens (including phenoxy) is 3. The van der Waals surface area contributed by atoms with Crippen LogP contribution in [0.5, 0.6) is 0 Å². The molecule has 0 aromatic heterocycles. The van der Waals surface area contributed by atoms with E-state index in [-0.39, 0.29) is 38.2 Å². The van der Waals surface area contributed by atoms with Crippen LogP contribution in [0, 0.1) is 0 Å². The van der Waals surface area contributed by atoms with Gasteiger partial charge in [-0.3, -0.25) is 9.59 Å². The van der Waals surface area contributed by atoms with Gasteiger partial charge in [-0.1, -0.05) is 6.92 Å². The highest BCUT2D eigenvalue weighted by Crippen LogP contribution is 2.17. The van der Waals surface area contributed by atoms with Crippen molar-refractivity contribution in [2.75, 3.05) is 46.6 Å². The van der Waals surface area contributed by atoms with Gasteiger partial charge in [-0.2, -0.15) is 0 Å².